The molecular formula is C7H11ClN2O2. The van der Waals surface area contributed by atoms with Gasteiger partial charge in [-0.3, -0.25) is 9.69 Å². The van der Waals surface area contributed by atoms with Crippen LogP contribution >= 0.6 is 11.6 Å². The van der Waals surface area contributed by atoms with Gasteiger partial charge in [0.25, 0.3) is 5.91 Å². The lowest BCUT2D eigenvalue weighted by molar-refractivity contribution is -0.126. The molecule has 0 bridgehead atoms. The molecule has 0 saturated carbocycles. The molecule has 5 heteroatoms. The summed E-state index contributed by atoms with van der Waals surface area (Å²) >= 11 is 5.46. The Bertz CT molecular complexity index is 217. The highest BCUT2D eigenvalue weighted by Crippen LogP contribution is 2.13. The van der Waals surface area contributed by atoms with Gasteiger partial charge in [-0.15, -0.1) is 11.6 Å². The summed E-state index contributed by atoms with van der Waals surface area (Å²) < 4.78 is 0. The fourth-order valence-corrected chi connectivity index (χ4v) is 1.36. The molecule has 1 fully saturated rings. The van der Waals surface area contributed by atoms with Gasteiger partial charge in [0.1, 0.15) is 6.54 Å². The highest BCUT2D eigenvalue weighted by molar-refractivity contribution is 6.19. The molecule has 0 aromatic rings. The summed E-state index contributed by atoms with van der Waals surface area (Å²) in [7, 11) is 0. The number of alkyl halides is 1. The highest BCUT2D eigenvalue weighted by atomic mass is 35.5. The van der Waals surface area contributed by atoms with Crippen molar-refractivity contribution in [2.24, 2.45) is 0 Å². The van der Waals surface area contributed by atoms with Gasteiger partial charge in [-0.2, -0.15) is 0 Å². The van der Waals surface area contributed by atoms with Gasteiger partial charge in [-0.25, -0.2) is 4.79 Å². The van der Waals surface area contributed by atoms with Crippen LogP contribution in [-0.4, -0.2) is 40.3 Å². The molecule has 3 amide bonds. The third-order valence-corrected chi connectivity index (χ3v) is 2.02. The van der Waals surface area contributed by atoms with E-state index < -0.39 is 0 Å². The van der Waals surface area contributed by atoms with Gasteiger partial charge in [0.05, 0.1) is 6.00 Å². The van der Waals surface area contributed by atoms with Gasteiger partial charge in [-0.1, -0.05) is 0 Å². The maximum absolute atomic E-state index is 11.3. The van der Waals surface area contributed by atoms with Crippen molar-refractivity contribution in [3.63, 3.8) is 0 Å². The van der Waals surface area contributed by atoms with Crippen LogP contribution in [0.5, 0.6) is 0 Å². The first-order valence-electron chi connectivity index (χ1n) is 3.75. The first-order valence-corrected chi connectivity index (χ1v) is 4.28. The van der Waals surface area contributed by atoms with Crippen LogP contribution in [0.15, 0.2) is 0 Å². The summed E-state index contributed by atoms with van der Waals surface area (Å²) in [5, 5.41) is 0. The second-order valence-corrected chi connectivity index (χ2v) is 3.20. The lowest BCUT2D eigenvalue weighted by atomic mass is 10.3. The summed E-state index contributed by atoms with van der Waals surface area (Å²) in [6, 6.07) is -0.295. The number of imide groups is 1. The van der Waals surface area contributed by atoms with E-state index in [1.807, 2.05) is 0 Å². The molecule has 1 aliphatic heterocycles. The number of amides is 3. The number of hydrogen-bond acceptors (Lipinski definition) is 2. The number of halogens is 1. The minimum absolute atomic E-state index is 0.0772. The second-order valence-electron chi connectivity index (χ2n) is 2.96. The summed E-state index contributed by atoms with van der Waals surface area (Å²) in [4.78, 5) is 25.1. The Balaban J connectivity index is 2.77. The molecule has 1 saturated heterocycles. The standard InChI is InChI=1S/C7H11ClN2O2/c1-5(2)10-6(11)3-9(4-8)7(10)12/h5H,3-4H2,1-2H3. The minimum atomic E-state index is -0.287. The molecule has 1 heterocycles. The van der Waals surface area contributed by atoms with Gasteiger partial charge < -0.3 is 4.90 Å². The van der Waals surface area contributed by atoms with Crippen molar-refractivity contribution in [2.75, 3.05) is 12.5 Å². The summed E-state index contributed by atoms with van der Waals surface area (Å²) in [5.74, 6) is -0.171. The molecule has 1 rings (SSSR count). The Morgan fingerprint density at radius 3 is 2.33 bits per heavy atom. The smallest absolute Gasteiger partial charge is 0.301 e. The van der Waals surface area contributed by atoms with Gasteiger partial charge in [0.15, 0.2) is 0 Å². The average Bonchev–Trinajstić information content (AvgIpc) is 2.25. The lowest BCUT2D eigenvalue weighted by Crippen LogP contribution is -2.37. The molecule has 0 unspecified atom stereocenters. The van der Waals surface area contributed by atoms with E-state index in [0.29, 0.717) is 0 Å². The summed E-state index contributed by atoms with van der Waals surface area (Å²) in [6.07, 6.45) is 0. The molecule has 0 aromatic carbocycles. The van der Waals surface area contributed by atoms with Crippen LogP contribution in [0.3, 0.4) is 0 Å². The van der Waals surface area contributed by atoms with Crippen molar-refractivity contribution < 1.29 is 9.59 Å². The quantitative estimate of drug-likeness (QED) is 0.368. The van der Waals surface area contributed by atoms with Crippen LogP contribution in [0.4, 0.5) is 4.79 Å². The van der Waals surface area contributed by atoms with Crippen molar-refractivity contribution in [2.45, 2.75) is 19.9 Å². The third-order valence-electron chi connectivity index (χ3n) is 1.73. The SMILES string of the molecule is CC(C)N1C(=O)CN(CCl)C1=O. The van der Waals surface area contributed by atoms with E-state index in [4.69, 9.17) is 11.6 Å². The normalized spacial score (nSPS) is 18.3. The van der Waals surface area contributed by atoms with Crippen molar-refractivity contribution >= 4 is 23.5 Å². The van der Waals surface area contributed by atoms with Crippen LogP contribution in [0.25, 0.3) is 0 Å². The maximum Gasteiger partial charge on any atom is 0.328 e. The zero-order valence-electron chi connectivity index (χ0n) is 7.08. The number of nitrogens with zero attached hydrogens (tertiary/aromatic N) is 2. The van der Waals surface area contributed by atoms with Gasteiger partial charge >= 0.3 is 6.03 Å². The largest absolute Gasteiger partial charge is 0.328 e. The fraction of sp³-hybridized carbons (Fsp3) is 0.714. The Hall–Kier alpha value is -0.770. The molecule has 68 valence electrons. The van der Waals surface area contributed by atoms with E-state index in [0.717, 1.165) is 0 Å². The first kappa shape index (κ1) is 9.32. The topological polar surface area (TPSA) is 40.6 Å². The minimum Gasteiger partial charge on any atom is -0.301 e. The Labute approximate surface area is 76.1 Å². The zero-order chi connectivity index (χ0) is 9.30. The first-order chi connectivity index (χ1) is 5.57. The van der Waals surface area contributed by atoms with Gasteiger partial charge in [-0.05, 0) is 13.8 Å². The van der Waals surface area contributed by atoms with Crippen LogP contribution in [0.2, 0.25) is 0 Å². The monoisotopic (exact) mass is 190 g/mol. The van der Waals surface area contributed by atoms with Crippen LogP contribution in [0, 0.1) is 0 Å². The summed E-state index contributed by atoms with van der Waals surface area (Å²) in [6.45, 7) is 3.71. The molecule has 0 spiro atoms. The zero-order valence-corrected chi connectivity index (χ0v) is 7.84. The van der Waals surface area contributed by atoms with E-state index >= 15 is 0 Å². The van der Waals surface area contributed by atoms with E-state index in [2.05, 4.69) is 0 Å². The number of carbonyl (C=O) groups is 2. The van der Waals surface area contributed by atoms with Crippen molar-refractivity contribution in [3.05, 3.63) is 0 Å². The van der Waals surface area contributed by atoms with Crippen LogP contribution in [0.1, 0.15) is 13.8 Å². The van der Waals surface area contributed by atoms with Crippen LogP contribution in [-0.2, 0) is 4.79 Å². The Morgan fingerprint density at radius 2 is 2.08 bits per heavy atom. The predicted molar refractivity (Wildman–Crippen MR) is 44.8 cm³/mol. The molecule has 4 nitrogen and oxygen atoms in total. The number of hydrogen-bond donors (Lipinski definition) is 0. The van der Waals surface area contributed by atoms with Crippen molar-refractivity contribution in [3.8, 4) is 0 Å². The number of carbonyl (C=O) groups excluding carboxylic acids is 2. The summed E-state index contributed by atoms with van der Waals surface area (Å²) in [5.41, 5.74) is 0. The molecule has 0 aliphatic carbocycles. The average molecular weight is 191 g/mol. The van der Waals surface area contributed by atoms with E-state index in [9.17, 15) is 9.59 Å². The molecule has 0 atom stereocenters. The Kier molecular flexibility index (Phi) is 2.57. The lowest BCUT2D eigenvalue weighted by Gasteiger charge is -2.18. The molecule has 1 aliphatic rings. The predicted octanol–water partition coefficient (Wildman–Crippen LogP) is 0.855. The van der Waals surface area contributed by atoms with Crippen molar-refractivity contribution in [1.82, 2.24) is 9.80 Å². The highest BCUT2D eigenvalue weighted by Gasteiger charge is 2.36. The van der Waals surface area contributed by atoms with Crippen LogP contribution < -0.4 is 0 Å². The second kappa shape index (κ2) is 3.31. The van der Waals surface area contributed by atoms with E-state index in [1.54, 1.807) is 13.8 Å². The van der Waals surface area contributed by atoms with E-state index in [-0.39, 0.29) is 30.5 Å². The molecular weight excluding hydrogens is 180 g/mol. The van der Waals surface area contributed by atoms with Gasteiger partial charge in [0.2, 0.25) is 0 Å². The molecule has 12 heavy (non-hydrogen) atoms. The van der Waals surface area contributed by atoms with Gasteiger partial charge in [0, 0.05) is 6.04 Å². The molecule has 0 radical (unpaired) electrons. The molecule has 0 N–H and O–H groups in total. The number of rotatable bonds is 2. The van der Waals surface area contributed by atoms with E-state index in [1.165, 1.54) is 9.80 Å². The number of urea groups is 1. The maximum atomic E-state index is 11.3. The fourth-order valence-electron chi connectivity index (χ4n) is 1.17. The Morgan fingerprint density at radius 1 is 1.50 bits per heavy atom. The molecule has 0 aromatic heterocycles. The van der Waals surface area contributed by atoms with Crippen molar-refractivity contribution in [1.29, 1.82) is 0 Å². The third kappa shape index (κ3) is 1.39.